The molecule has 0 aromatic heterocycles. The van der Waals surface area contributed by atoms with E-state index in [0.29, 0.717) is 12.1 Å². The van der Waals surface area contributed by atoms with Gasteiger partial charge in [0, 0.05) is 0 Å². The lowest BCUT2D eigenvalue weighted by Crippen LogP contribution is -2.44. The Bertz CT molecular complexity index is 520. The number of hydrogen-bond acceptors (Lipinski definition) is 2. The molecule has 0 aliphatic rings. The zero-order chi connectivity index (χ0) is 14.7. The Balaban J connectivity index is 3.01. The zero-order valence-electron chi connectivity index (χ0n) is 10.2. The molecule has 1 aromatic rings. The number of carbonyl (C=O) groups is 2. The standard InChI is InChI=1S/C12H12ClF2NO3/c1-5(2)10(12(18)19)16-11(17)6-3-9(15)7(13)4-8(6)14/h3-5,10H,1-2H3,(H,16,17)(H,18,19)/t10-/m1/s1. The van der Waals surface area contributed by atoms with Crippen LogP contribution in [0.2, 0.25) is 5.02 Å². The van der Waals surface area contributed by atoms with Gasteiger partial charge in [-0.3, -0.25) is 4.79 Å². The smallest absolute Gasteiger partial charge is 0.326 e. The van der Waals surface area contributed by atoms with Gasteiger partial charge in [-0.2, -0.15) is 0 Å². The van der Waals surface area contributed by atoms with Crippen molar-refractivity contribution < 1.29 is 23.5 Å². The molecule has 19 heavy (non-hydrogen) atoms. The van der Waals surface area contributed by atoms with Crippen LogP contribution in [0.25, 0.3) is 0 Å². The third kappa shape index (κ3) is 3.64. The van der Waals surface area contributed by atoms with Crippen molar-refractivity contribution in [2.45, 2.75) is 19.9 Å². The first-order valence-electron chi connectivity index (χ1n) is 5.42. The normalized spacial score (nSPS) is 12.3. The van der Waals surface area contributed by atoms with Gasteiger partial charge in [0.15, 0.2) is 0 Å². The maximum atomic E-state index is 13.5. The number of hydrogen-bond donors (Lipinski definition) is 2. The Morgan fingerprint density at radius 1 is 1.26 bits per heavy atom. The highest BCUT2D eigenvalue weighted by atomic mass is 35.5. The van der Waals surface area contributed by atoms with Crippen LogP contribution in [-0.2, 0) is 4.79 Å². The van der Waals surface area contributed by atoms with Crippen LogP contribution in [0.4, 0.5) is 8.78 Å². The third-order valence-corrected chi connectivity index (χ3v) is 2.76. The second-order valence-electron chi connectivity index (χ2n) is 4.28. The molecule has 1 aromatic carbocycles. The Hall–Kier alpha value is -1.69. The van der Waals surface area contributed by atoms with Gasteiger partial charge < -0.3 is 10.4 Å². The zero-order valence-corrected chi connectivity index (χ0v) is 11.0. The van der Waals surface area contributed by atoms with Crippen LogP contribution >= 0.6 is 11.6 Å². The predicted octanol–water partition coefficient (Wildman–Crippen LogP) is 2.46. The maximum Gasteiger partial charge on any atom is 0.326 e. The summed E-state index contributed by atoms with van der Waals surface area (Å²) in [4.78, 5) is 22.6. The maximum absolute atomic E-state index is 13.5. The SMILES string of the molecule is CC(C)[C@@H](NC(=O)c1cc(F)c(Cl)cc1F)C(=O)O. The summed E-state index contributed by atoms with van der Waals surface area (Å²) >= 11 is 5.36. The van der Waals surface area contributed by atoms with E-state index in [-0.39, 0.29) is 0 Å². The summed E-state index contributed by atoms with van der Waals surface area (Å²) in [6.07, 6.45) is 0. The van der Waals surface area contributed by atoms with Crippen LogP contribution in [0.1, 0.15) is 24.2 Å². The second-order valence-corrected chi connectivity index (χ2v) is 4.69. The molecule has 7 heteroatoms. The Morgan fingerprint density at radius 3 is 2.32 bits per heavy atom. The molecule has 4 nitrogen and oxygen atoms in total. The van der Waals surface area contributed by atoms with Crippen LogP contribution in [-0.4, -0.2) is 23.0 Å². The molecule has 0 spiro atoms. The van der Waals surface area contributed by atoms with Gasteiger partial charge in [0.25, 0.3) is 5.91 Å². The van der Waals surface area contributed by atoms with Crippen LogP contribution in [0.3, 0.4) is 0 Å². The molecule has 1 rings (SSSR count). The van der Waals surface area contributed by atoms with Crippen LogP contribution in [0.15, 0.2) is 12.1 Å². The highest BCUT2D eigenvalue weighted by Gasteiger charge is 2.25. The average molecular weight is 292 g/mol. The van der Waals surface area contributed by atoms with Crippen molar-refractivity contribution in [3.63, 3.8) is 0 Å². The number of carboxylic acid groups (broad SMARTS) is 1. The minimum atomic E-state index is -1.25. The van der Waals surface area contributed by atoms with E-state index in [1.54, 1.807) is 13.8 Å². The van der Waals surface area contributed by atoms with Crippen molar-refractivity contribution in [1.82, 2.24) is 5.32 Å². The van der Waals surface area contributed by atoms with Gasteiger partial charge in [0.2, 0.25) is 0 Å². The van der Waals surface area contributed by atoms with Gasteiger partial charge >= 0.3 is 5.97 Å². The van der Waals surface area contributed by atoms with E-state index in [9.17, 15) is 18.4 Å². The topological polar surface area (TPSA) is 66.4 Å². The van der Waals surface area contributed by atoms with Crippen molar-refractivity contribution >= 4 is 23.5 Å². The van der Waals surface area contributed by atoms with E-state index < -0.39 is 46.1 Å². The Kier molecular flexibility index (Phi) is 4.83. The van der Waals surface area contributed by atoms with Crippen LogP contribution in [0, 0.1) is 17.6 Å². The van der Waals surface area contributed by atoms with E-state index in [0.717, 1.165) is 0 Å². The van der Waals surface area contributed by atoms with E-state index in [1.807, 2.05) is 0 Å². The van der Waals surface area contributed by atoms with E-state index in [2.05, 4.69) is 5.32 Å². The van der Waals surface area contributed by atoms with Crippen molar-refractivity contribution in [2.24, 2.45) is 5.92 Å². The number of nitrogens with one attached hydrogen (secondary N) is 1. The molecule has 0 bridgehead atoms. The number of carbonyl (C=O) groups excluding carboxylic acids is 1. The summed E-state index contributed by atoms with van der Waals surface area (Å²) in [5, 5.41) is 10.6. The van der Waals surface area contributed by atoms with Gasteiger partial charge in [0.05, 0.1) is 10.6 Å². The summed E-state index contributed by atoms with van der Waals surface area (Å²) in [7, 11) is 0. The monoisotopic (exact) mass is 291 g/mol. The molecule has 2 N–H and O–H groups in total. The summed E-state index contributed by atoms with van der Waals surface area (Å²) < 4.78 is 26.7. The molecule has 0 saturated heterocycles. The summed E-state index contributed by atoms with van der Waals surface area (Å²) in [6, 6.07) is 0.106. The van der Waals surface area contributed by atoms with Crippen molar-refractivity contribution in [3.05, 3.63) is 34.4 Å². The molecule has 0 aliphatic heterocycles. The second kappa shape index (κ2) is 5.97. The van der Waals surface area contributed by atoms with Crippen LogP contribution < -0.4 is 5.32 Å². The number of rotatable bonds is 4. The molecule has 1 amide bonds. The van der Waals surface area contributed by atoms with E-state index in [1.165, 1.54) is 0 Å². The molecule has 0 aliphatic carbocycles. The van der Waals surface area contributed by atoms with Gasteiger partial charge in [-0.05, 0) is 18.1 Å². The van der Waals surface area contributed by atoms with Gasteiger partial charge in [-0.15, -0.1) is 0 Å². The van der Waals surface area contributed by atoms with E-state index >= 15 is 0 Å². The molecule has 0 saturated carbocycles. The lowest BCUT2D eigenvalue weighted by molar-refractivity contribution is -0.140. The number of carboxylic acids is 1. The molecular formula is C12H12ClF2NO3. The molecule has 0 heterocycles. The molecule has 1 atom stereocenters. The number of aliphatic carboxylic acids is 1. The lowest BCUT2D eigenvalue weighted by atomic mass is 10.0. The lowest BCUT2D eigenvalue weighted by Gasteiger charge is -2.18. The molecular weight excluding hydrogens is 280 g/mol. The largest absolute Gasteiger partial charge is 0.480 e. The van der Waals surface area contributed by atoms with Gasteiger partial charge in [-0.25, -0.2) is 13.6 Å². The van der Waals surface area contributed by atoms with Gasteiger partial charge in [-0.1, -0.05) is 25.4 Å². The number of amides is 1. The third-order valence-electron chi connectivity index (χ3n) is 2.47. The highest BCUT2D eigenvalue weighted by Crippen LogP contribution is 2.19. The molecule has 0 radical (unpaired) electrons. The Morgan fingerprint density at radius 2 is 1.84 bits per heavy atom. The van der Waals surface area contributed by atoms with Crippen molar-refractivity contribution in [1.29, 1.82) is 0 Å². The summed E-state index contributed by atoms with van der Waals surface area (Å²) in [6.45, 7) is 3.16. The molecule has 0 unspecified atom stereocenters. The van der Waals surface area contributed by atoms with Crippen LogP contribution in [0.5, 0.6) is 0 Å². The van der Waals surface area contributed by atoms with Crippen molar-refractivity contribution in [2.75, 3.05) is 0 Å². The Labute approximate surface area is 113 Å². The quantitative estimate of drug-likeness (QED) is 0.838. The number of halogens is 3. The first-order valence-corrected chi connectivity index (χ1v) is 5.80. The predicted molar refractivity (Wildman–Crippen MR) is 65.1 cm³/mol. The molecule has 0 fully saturated rings. The van der Waals surface area contributed by atoms with E-state index in [4.69, 9.17) is 16.7 Å². The molecule has 104 valence electrons. The summed E-state index contributed by atoms with van der Waals surface area (Å²) in [5.41, 5.74) is -0.589. The fraction of sp³-hybridized carbons (Fsp3) is 0.333. The minimum Gasteiger partial charge on any atom is -0.480 e. The van der Waals surface area contributed by atoms with Crippen molar-refractivity contribution in [3.8, 4) is 0 Å². The first kappa shape index (κ1) is 15.4. The first-order chi connectivity index (χ1) is 8.73. The average Bonchev–Trinajstić information content (AvgIpc) is 2.29. The highest BCUT2D eigenvalue weighted by molar-refractivity contribution is 6.30. The minimum absolute atomic E-state index is 0.401. The fourth-order valence-corrected chi connectivity index (χ4v) is 1.58. The number of benzene rings is 1. The fourth-order valence-electron chi connectivity index (χ4n) is 1.43. The van der Waals surface area contributed by atoms with Gasteiger partial charge in [0.1, 0.15) is 17.7 Å². The summed E-state index contributed by atoms with van der Waals surface area (Å²) in [5.74, 6) is -4.63.